The molecule has 0 unspecified atom stereocenters. The van der Waals surface area contributed by atoms with Gasteiger partial charge in [-0.3, -0.25) is 4.79 Å². The second-order valence-electron chi connectivity index (χ2n) is 9.24. The van der Waals surface area contributed by atoms with Gasteiger partial charge in [0, 0.05) is 36.6 Å². The van der Waals surface area contributed by atoms with Gasteiger partial charge in [-0.2, -0.15) is 5.10 Å². The zero-order chi connectivity index (χ0) is 22.0. The average Bonchev–Trinajstić information content (AvgIpc) is 3.17. The van der Waals surface area contributed by atoms with Gasteiger partial charge in [0.1, 0.15) is 0 Å². The zero-order valence-corrected chi connectivity index (χ0v) is 18.9. The van der Waals surface area contributed by atoms with E-state index in [2.05, 4.69) is 34.6 Å². The predicted octanol–water partition coefficient (Wildman–Crippen LogP) is 3.56. The molecule has 1 aliphatic carbocycles. The Balaban J connectivity index is 1.32. The van der Waals surface area contributed by atoms with Gasteiger partial charge in [0.25, 0.3) is 5.91 Å². The second kappa shape index (κ2) is 9.24. The molecule has 2 aliphatic rings. The Morgan fingerprint density at radius 1 is 1.03 bits per heavy atom. The number of nitrogens with one attached hydrogen (secondary N) is 2. The van der Waals surface area contributed by atoms with E-state index in [1.807, 2.05) is 22.6 Å². The maximum atomic E-state index is 12.9. The number of nitrogens with zero attached hydrogens (tertiary/aromatic N) is 4. The van der Waals surface area contributed by atoms with Crippen LogP contribution >= 0.6 is 0 Å². The first kappa shape index (κ1) is 21.6. The molecule has 0 radical (unpaired) electrons. The second-order valence-corrected chi connectivity index (χ2v) is 9.24. The van der Waals surface area contributed by atoms with E-state index in [-0.39, 0.29) is 24.0 Å². The summed E-state index contributed by atoms with van der Waals surface area (Å²) in [5.74, 6) is -0.102. The van der Waals surface area contributed by atoms with E-state index in [0.29, 0.717) is 30.4 Å². The molecule has 2 aromatic heterocycles. The molecule has 0 spiro atoms. The Kier molecular flexibility index (Phi) is 6.43. The molecule has 3 heterocycles. The monoisotopic (exact) mass is 426 g/mol. The van der Waals surface area contributed by atoms with Crippen LogP contribution in [0.3, 0.4) is 0 Å². The third-order valence-electron chi connectivity index (χ3n) is 6.54. The summed E-state index contributed by atoms with van der Waals surface area (Å²) in [5, 5.41) is 11.6. The summed E-state index contributed by atoms with van der Waals surface area (Å²) in [4.78, 5) is 32.0. The minimum atomic E-state index is -0.102. The molecule has 8 nitrogen and oxygen atoms in total. The zero-order valence-electron chi connectivity index (χ0n) is 18.9. The maximum Gasteiger partial charge on any atom is 0.317 e. The molecule has 1 aliphatic heterocycles. The number of amides is 3. The average molecular weight is 427 g/mol. The number of likely N-dealkylation sites (tertiary alicyclic amines) is 1. The van der Waals surface area contributed by atoms with Crippen molar-refractivity contribution in [3.8, 4) is 0 Å². The van der Waals surface area contributed by atoms with Gasteiger partial charge in [-0.25, -0.2) is 14.5 Å². The number of hydrogen-bond acceptors (Lipinski definition) is 4. The van der Waals surface area contributed by atoms with Crippen LogP contribution in [0.1, 0.15) is 80.9 Å². The van der Waals surface area contributed by atoms with Crippen LogP contribution in [-0.2, 0) is 0 Å². The number of aryl methyl sites for hydroxylation is 1. The van der Waals surface area contributed by atoms with Crippen molar-refractivity contribution < 1.29 is 9.59 Å². The number of carbonyl (C=O) groups is 2. The lowest BCUT2D eigenvalue weighted by Gasteiger charge is -2.34. The van der Waals surface area contributed by atoms with Gasteiger partial charge in [-0.05, 0) is 52.5 Å². The van der Waals surface area contributed by atoms with Gasteiger partial charge in [0.05, 0.1) is 17.5 Å². The Bertz CT molecular complexity index is 939. The smallest absolute Gasteiger partial charge is 0.317 e. The molecule has 0 bridgehead atoms. The third-order valence-corrected chi connectivity index (χ3v) is 6.54. The maximum absolute atomic E-state index is 12.9. The first-order valence-electron chi connectivity index (χ1n) is 11.6. The normalized spacial score (nSPS) is 18.5. The van der Waals surface area contributed by atoms with Crippen molar-refractivity contribution in [1.29, 1.82) is 0 Å². The lowest BCUT2D eigenvalue weighted by atomic mass is 9.95. The minimum absolute atomic E-state index is 0.0457. The third kappa shape index (κ3) is 4.83. The molecular weight excluding hydrogens is 392 g/mol. The molecule has 1 saturated carbocycles. The summed E-state index contributed by atoms with van der Waals surface area (Å²) in [6.07, 6.45) is 9.17. The Labute approximate surface area is 183 Å². The Morgan fingerprint density at radius 2 is 1.71 bits per heavy atom. The highest BCUT2D eigenvalue weighted by molar-refractivity contribution is 5.98. The molecule has 8 heteroatoms. The van der Waals surface area contributed by atoms with Gasteiger partial charge in [-0.1, -0.05) is 19.3 Å². The summed E-state index contributed by atoms with van der Waals surface area (Å²) in [6.45, 7) is 7.32. The van der Waals surface area contributed by atoms with Crippen LogP contribution in [0, 0.1) is 6.92 Å². The summed E-state index contributed by atoms with van der Waals surface area (Å²) in [6, 6.07) is 2.53. The molecule has 3 amide bonds. The van der Waals surface area contributed by atoms with Crippen molar-refractivity contribution in [2.24, 2.45) is 0 Å². The van der Waals surface area contributed by atoms with Crippen LogP contribution < -0.4 is 10.6 Å². The summed E-state index contributed by atoms with van der Waals surface area (Å²) >= 11 is 0. The molecule has 1 saturated heterocycles. The quantitative estimate of drug-likeness (QED) is 0.782. The van der Waals surface area contributed by atoms with E-state index in [0.717, 1.165) is 36.7 Å². The van der Waals surface area contributed by atoms with Crippen LogP contribution in [0.15, 0.2) is 12.3 Å². The van der Waals surface area contributed by atoms with Crippen molar-refractivity contribution >= 4 is 23.0 Å². The summed E-state index contributed by atoms with van der Waals surface area (Å²) < 4.78 is 1.87. The van der Waals surface area contributed by atoms with Crippen molar-refractivity contribution in [3.63, 3.8) is 0 Å². The van der Waals surface area contributed by atoms with Crippen molar-refractivity contribution in [2.75, 3.05) is 13.1 Å². The fourth-order valence-corrected chi connectivity index (χ4v) is 4.68. The number of carbonyl (C=O) groups excluding carboxylic acids is 2. The predicted molar refractivity (Wildman–Crippen MR) is 120 cm³/mol. The fourth-order valence-electron chi connectivity index (χ4n) is 4.68. The van der Waals surface area contributed by atoms with Crippen molar-refractivity contribution in [3.05, 3.63) is 23.5 Å². The number of fused-ring (bicyclic) bond motifs is 1. The molecular formula is C23H34N6O2. The standard InChI is InChI=1S/C23H34N6O2/c1-15(2)29-21-17(14-24-29)13-20(16(3)25-21)22(30)26-19-9-11-28(12-10-19)23(31)27-18-7-5-4-6-8-18/h13-15,18-19H,4-12H2,1-3H3,(H,26,30)(H,27,31). The topological polar surface area (TPSA) is 92.2 Å². The van der Waals surface area contributed by atoms with Gasteiger partial charge in [0.15, 0.2) is 5.65 Å². The van der Waals surface area contributed by atoms with Crippen molar-refractivity contribution in [2.45, 2.75) is 83.8 Å². The number of hydrogen-bond donors (Lipinski definition) is 2. The molecule has 4 rings (SSSR count). The van der Waals surface area contributed by atoms with E-state index in [9.17, 15) is 9.59 Å². The highest BCUT2D eigenvalue weighted by Crippen LogP contribution is 2.21. The largest absolute Gasteiger partial charge is 0.349 e. The molecule has 31 heavy (non-hydrogen) atoms. The Morgan fingerprint density at radius 3 is 2.39 bits per heavy atom. The van der Waals surface area contributed by atoms with Crippen LogP contribution in [0.2, 0.25) is 0 Å². The van der Waals surface area contributed by atoms with Gasteiger partial charge >= 0.3 is 6.03 Å². The number of piperidine rings is 1. The van der Waals surface area contributed by atoms with Crippen LogP contribution in [0.4, 0.5) is 4.79 Å². The lowest BCUT2D eigenvalue weighted by molar-refractivity contribution is 0.0916. The number of aromatic nitrogens is 3. The molecule has 0 aromatic carbocycles. The van der Waals surface area contributed by atoms with E-state index in [1.165, 1.54) is 19.3 Å². The molecule has 168 valence electrons. The SMILES string of the molecule is Cc1nc2c(cnn2C(C)C)cc1C(=O)NC1CCN(C(=O)NC2CCCCC2)CC1. The van der Waals surface area contributed by atoms with Crippen molar-refractivity contribution in [1.82, 2.24) is 30.3 Å². The highest BCUT2D eigenvalue weighted by Gasteiger charge is 2.26. The van der Waals surface area contributed by atoms with Gasteiger partial charge in [-0.15, -0.1) is 0 Å². The minimum Gasteiger partial charge on any atom is -0.349 e. The molecule has 2 fully saturated rings. The van der Waals surface area contributed by atoms with Gasteiger partial charge in [0.2, 0.25) is 0 Å². The van der Waals surface area contributed by atoms with E-state index < -0.39 is 0 Å². The fraction of sp³-hybridized carbons (Fsp3) is 0.652. The number of pyridine rings is 1. The van der Waals surface area contributed by atoms with Crippen LogP contribution in [-0.4, -0.2) is 56.8 Å². The first-order valence-corrected chi connectivity index (χ1v) is 11.6. The summed E-state index contributed by atoms with van der Waals surface area (Å²) in [5.41, 5.74) is 2.10. The van der Waals surface area contributed by atoms with Gasteiger partial charge < -0.3 is 15.5 Å². The number of urea groups is 1. The molecule has 2 aromatic rings. The molecule has 2 N–H and O–H groups in total. The summed E-state index contributed by atoms with van der Waals surface area (Å²) in [7, 11) is 0. The van der Waals surface area contributed by atoms with Crippen LogP contribution in [0.5, 0.6) is 0 Å². The van der Waals surface area contributed by atoms with E-state index >= 15 is 0 Å². The van der Waals surface area contributed by atoms with Crippen LogP contribution in [0.25, 0.3) is 11.0 Å². The molecule has 0 atom stereocenters. The highest BCUT2D eigenvalue weighted by atomic mass is 16.2. The lowest BCUT2D eigenvalue weighted by Crippen LogP contribution is -2.51. The Hall–Kier alpha value is -2.64. The van der Waals surface area contributed by atoms with E-state index in [1.54, 1.807) is 6.20 Å². The van der Waals surface area contributed by atoms with E-state index in [4.69, 9.17) is 0 Å². The number of rotatable bonds is 4. The first-order chi connectivity index (χ1) is 14.9.